The minimum absolute atomic E-state index is 0.124. The summed E-state index contributed by atoms with van der Waals surface area (Å²) in [6.07, 6.45) is 2.24. The second-order valence-corrected chi connectivity index (χ2v) is 6.80. The van der Waals surface area contributed by atoms with Crippen molar-refractivity contribution < 1.29 is 0 Å². The van der Waals surface area contributed by atoms with Gasteiger partial charge in [-0.3, -0.25) is 9.80 Å². The average Bonchev–Trinajstić information content (AvgIpc) is 2.53. The third-order valence-electron chi connectivity index (χ3n) is 5.04. The van der Waals surface area contributed by atoms with Crippen molar-refractivity contribution in [2.75, 3.05) is 32.7 Å². The van der Waals surface area contributed by atoms with Crippen LogP contribution in [0.2, 0.25) is 0 Å². The van der Waals surface area contributed by atoms with Gasteiger partial charge in [0, 0.05) is 44.3 Å². The first-order valence-electron chi connectivity index (χ1n) is 8.28. The fraction of sp³-hybridized carbons (Fsp3) is 0.667. The molecule has 3 nitrogen and oxygen atoms in total. The fourth-order valence-electron chi connectivity index (χ4n) is 3.23. The monoisotopic (exact) mass is 289 g/mol. The van der Waals surface area contributed by atoms with Crippen molar-refractivity contribution >= 4 is 0 Å². The van der Waals surface area contributed by atoms with Gasteiger partial charge in [-0.25, -0.2) is 0 Å². The highest BCUT2D eigenvalue weighted by Crippen LogP contribution is 2.23. The van der Waals surface area contributed by atoms with E-state index in [0.717, 1.165) is 32.5 Å². The van der Waals surface area contributed by atoms with Gasteiger partial charge in [-0.1, -0.05) is 30.3 Å². The minimum Gasteiger partial charge on any atom is -0.329 e. The molecule has 1 aliphatic heterocycles. The third kappa shape index (κ3) is 4.29. The van der Waals surface area contributed by atoms with Gasteiger partial charge in [0.25, 0.3) is 0 Å². The van der Waals surface area contributed by atoms with E-state index in [4.69, 9.17) is 5.73 Å². The number of nitrogens with zero attached hydrogens (tertiary/aromatic N) is 2. The van der Waals surface area contributed by atoms with Crippen LogP contribution in [0.4, 0.5) is 0 Å². The van der Waals surface area contributed by atoms with Gasteiger partial charge in [-0.05, 0) is 39.2 Å². The molecular weight excluding hydrogens is 258 g/mol. The van der Waals surface area contributed by atoms with Gasteiger partial charge in [0.15, 0.2) is 0 Å². The molecule has 3 heteroatoms. The van der Waals surface area contributed by atoms with E-state index in [-0.39, 0.29) is 5.54 Å². The molecule has 1 aromatic rings. The quantitative estimate of drug-likeness (QED) is 0.872. The van der Waals surface area contributed by atoms with Crippen LogP contribution in [0.5, 0.6) is 0 Å². The Labute approximate surface area is 130 Å². The number of hydrogen-bond donors (Lipinski definition) is 1. The molecule has 0 spiro atoms. The maximum absolute atomic E-state index is 6.14. The lowest BCUT2D eigenvalue weighted by Crippen LogP contribution is -2.59. The summed E-state index contributed by atoms with van der Waals surface area (Å²) < 4.78 is 0. The summed E-state index contributed by atoms with van der Waals surface area (Å²) in [6, 6.07) is 11.4. The second-order valence-electron chi connectivity index (χ2n) is 6.80. The molecule has 0 amide bonds. The zero-order chi connectivity index (χ0) is 15.3. The van der Waals surface area contributed by atoms with Crippen LogP contribution in [0.1, 0.15) is 32.8 Å². The molecule has 0 bridgehead atoms. The van der Waals surface area contributed by atoms with Crippen molar-refractivity contribution in [2.24, 2.45) is 5.73 Å². The van der Waals surface area contributed by atoms with Crippen LogP contribution in [0, 0.1) is 0 Å². The van der Waals surface area contributed by atoms with E-state index in [1.54, 1.807) is 0 Å². The second kappa shape index (κ2) is 7.39. The zero-order valence-corrected chi connectivity index (χ0v) is 13.9. The van der Waals surface area contributed by atoms with E-state index in [1.807, 2.05) is 0 Å². The predicted molar refractivity (Wildman–Crippen MR) is 90.5 cm³/mol. The number of benzene rings is 1. The molecule has 0 aliphatic carbocycles. The standard InChI is InChI=1S/C18H31N3/c1-16(2)20-11-13-21(14-12-20)18(3,15-19)10-9-17-7-5-4-6-8-17/h4-8,16H,9-15,19H2,1-3H3. The first kappa shape index (κ1) is 16.5. The van der Waals surface area contributed by atoms with Crippen molar-refractivity contribution in [2.45, 2.75) is 45.2 Å². The van der Waals surface area contributed by atoms with E-state index < -0.39 is 0 Å². The van der Waals surface area contributed by atoms with E-state index in [9.17, 15) is 0 Å². The Balaban J connectivity index is 1.91. The van der Waals surface area contributed by atoms with Crippen LogP contribution in [-0.4, -0.2) is 54.1 Å². The molecule has 21 heavy (non-hydrogen) atoms. The molecule has 0 saturated carbocycles. The number of aryl methyl sites for hydroxylation is 1. The summed E-state index contributed by atoms with van der Waals surface area (Å²) in [7, 11) is 0. The zero-order valence-electron chi connectivity index (χ0n) is 13.9. The maximum atomic E-state index is 6.14. The average molecular weight is 289 g/mol. The molecule has 0 aromatic heterocycles. The van der Waals surface area contributed by atoms with Crippen LogP contribution in [0.25, 0.3) is 0 Å². The highest BCUT2D eigenvalue weighted by molar-refractivity contribution is 5.15. The molecule has 1 saturated heterocycles. The highest BCUT2D eigenvalue weighted by atomic mass is 15.3. The number of hydrogen-bond acceptors (Lipinski definition) is 3. The molecule has 1 unspecified atom stereocenters. The van der Waals surface area contributed by atoms with E-state index in [2.05, 4.69) is 60.9 Å². The highest BCUT2D eigenvalue weighted by Gasteiger charge is 2.32. The summed E-state index contributed by atoms with van der Waals surface area (Å²) in [5.74, 6) is 0. The Morgan fingerprint density at radius 1 is 1.10 bits per heavy atom. The van der Waals surface area contributed by atoms with Gasteiger partial charge in [-0.15, -0.1) is 0 Å². The van der Waals surface area contributed by atoms with Crippen LogP contribution in [0.15, 0.2) is 30.3 Å². The molecular formula is C18H31N3. The molecule has 1 fully saturated rings. The molecule has 2 N–H and O–H groups in total. The van der Waals surface area contributed by atoms with Crippen LogP contribution < -0.4 is 5.73 Å². The Hall–Kier alpha value is -0.900. The summed E-state index contributed by atoms with van der Waals surface area (Å²) in [4.78, 5) is 5.17. The van der Waals surface area contributed by atoms with Crippen molar-refractivity contribution in [3.8, 4) is 0 Å². The summed E-state index contributed by atoms with van der Waals surface area (Å²) in [5, 5.41) is 0. The van der Waals surface area contributed by atoms with Crippen molar-refractivity contribution in [1.82, 2.24) is 9.80 Å². The lowest BCUT2D eigenvalue weighted by Gasteiger charge is -2.46. The van der Waals surface area contributed by atoms with E-state index in [0.29, 0.717) is 6.04 Å². The first-order valence-corrected chi connectivity index (χ1v) is 8.28. The Morgan fingerprint density at radius 2 is 1.71 bits per heavy atom. The SMILES string of the molecule is CC(C)N1CCN(C(C)(CN)CCc2ccccc2)CC1. The normalized spacial score (nSPS) is 20.6. The van der Waals surface area contributed by atoms with Crippen molar-refractivity contribution in [1.29, 1.82) is 0 Å². The number of rotatable bonds is 6. The molecule has 2 rings (SSSR count). The Morgan fingerprint density at radius 3 is 2.24 bits per heavy atom. The maximum Gasteiger partial charge on any atom is 0.0307 e. The van der Waals surface area contributed by atoms with Gasteiger partial charge >= 0.3 is 0 Å². The topological polar surface area (TPSA) is 32.5 Å². The summed E-state index contributed by atoms with van der Waals surface area (Å²) >= 11 is 0. The summed E-state index contributed by atoms with van der Waals surface area (Å²) in [5.41, 5.74) is 7.68. The third-order valence-corrected chi connectivity index (χ3v) is 5.04. The van der Waals surface area contributed by atoms with Gasteiger partial charge in [-0.2, -0.15) is 0 Å². The lowest BCUT2D eigenvalue weighted by atomic mass is 9.90. The smallest absolute Gasteiger partial charge is 0.0307 e. The van der Waals surface area contributed by atoms with Crippen LogP contribution >= 0.6 is 0 Å². The molecule has 1 heterocycles. The number of piperazine rings is 1. The predicted octanol–water partition coefficient (Wildman–Crippen LogP) is 2.36. The Bertz CT molecular complexity index is 410. The molecule has 1 atom stereocenters. The van der Waals surface area contributed by atoms with Gasteiger partial charge in [0.2, 0.25) is 0 Å². The van der Waals surface area contributed by atoms with Crippen LogP contribution in [0.3, 0.4) is 0 Å². The molecule has 1 aliphatic rings. The molecule has 1 aromatic carbocycles. The first-order chi connectivity index (χ1) is 10.0. The van der Waals surface area contributed by atoms with E-state index in [1.165, 1.54) is 18.7 Å². The largest absolute Gasteiger partial charge is 0.329 e. The molecule has 118 valence electrons. The van der Waals surface area contributed by atoms with Crippen LogP contribution in [-0.2, 0) is 6.42 Å². The number of nitrogens with two attached hydrogens (primary N) is 1. The van der Waals surface area contributed by atoms with Gasteiger partial charge < -0.3 is 5.73 Å². The van der Waals surface area contributed by atoms with E-state index >= 15 is 0 Å². The van der Waals surface area contributed by atoms with Crippen molar-refractivity contribution in [3.63, 3.8) is 0 Å². The minimum atomic E-state index is 0.124. The van der Waals surface area contributed by atoms with Crippen molar-refractivity contribution in [3.05, 3.63) is 35.9 Å². The van der Waals surface area contributed by atoms with Gasteiger partial charge in [0.1, 0.15) is 0 Å². The fourth-order valence-corrected chi connectivity index (χ4v) is 3.23. The molecule has 0 radical (unpaired) electrons. The lowest BCUT2D eigenvalue weighted by molar-refractivity contribution is 0.0309. The van der Waals surface area contributed by atoms with Gasteiger partial charge in [0.05, 0.1) is 0 Å². The summed E-state index contributed by atoms with van der Waals surface area (Å²) in [6.45, 7) is 12.3. The Kier molecular flexibility index (Phi) is 5.80.